The number of nitrogens with zero attached hydrogens (tertiary/aromatic N) is 2. The molecule has 0 amide bonds. The first kappa shape index (κ1) is 9.63. The standard InChI is InChI=1S/C10H4Br2N2/c11-6-3-7-8(4-13)9(12)1-2-10(7)14-5-6/h1-3,5H. The van der Waals surface area contributed by atoms with Crippen LogP contribution in [-0.2, 0) is 0 Å². The van der Waals surface area contributed by atoms with E-state index < -0.39 is 0 Å². The lowest BCUT2D eigenvalue weighted by Crippen LogP contribution is -1.84. The minimum atomic E-state index is 0.622. The van der Waals surface area contributed by atoms with Crippen molar-refractivity contribution in [2.45, 2.75) is 0 Å². The van der Waals surface area contributed by atoms with Crippen molar-refractivity contribution in [3.05, 3.63) is 38.9 Å². The van der Waals surface area contributed by atoms with Gasteiger partial charge in [-0.15, -0.1) is 0 Å². The minimum absolute atomic E-state index is 0.622. The molecule has 0 unspecified atom stereocenters. The molecule has 0 aliphatic heterocycles. The Bertz CT molecular complexity index is 538. The summed E-state index contributed by atoms with van der Waals surface area (Å²) in [5.74, 6) is 0. The molecule has 68 valence electrons. The zero-order valence-electron chi connectivity index (χ0n) is 6.96. The molecule has 4 heteroatoms. The van der Waals surface area contributed by atoms with Gasteiger partial charge in [0.1, 0.15) is 6.07 Å². The molecule has 0 atom stereocenters. The molecule has 1 heterocycles. The van der Waals surface area contributed by atoms with Crippen LogP contribution < -0.4 is 0 Å². The van der Waals surface area contributed by atoms with Crippen LogP contribution in [0.5, 0.6) is 0 Å². The van der Waals surface area contributed by atoms with Crippen molar-refractivity contribution in [2.75, 3.05) is 0 Å². The highest BCUT2D eigenvalue weighted by atomic mass is 79.9. The van der Waals surface area contributed by atoms with Crippen LogP contribution in [0.2, 0.25) is 0 Å². The van der Waals surface area contributed by atoms with Crippen LogP contribution in [0.25, 0.3) is 10.9 Å². The average Bonchev–Trinajstić information content (AvgIpc) is 2.17. The van der Waals surface area contributed by atoms with Crippen LogP contribution in [0.3, 0.4) is 0 Å². The molecule has 0 aliphatic carbocycles. The van der Waals surface area contributed by atoms with Crippen molar-refractivity contribution in [1.82, 2.24) is 4.98 Å². The van der Waals surface area contributed by atoms with Gasteiger partial charge in [-0.2, -0.15) is 5.26 Å². The van der Waals surface area contributed by atoms with E-state index in [0.717, 1.165) is 19.8 Å². The fourth-order valence-corrected chi connectivity index (χ4v) is 2.03. The Hall–Kier alpha value is -0.920. The molecule has 14 heavy (non-hydrogen) atoms. The van der Waals surface area contributed by atoms with Crippen LogP contribution in [0, 0.1) is 11.3 Å². The van der Waals surface area contributed by atoms with Crippen molar-refractivity contribution in [3.8, 4) is 6.07 Å². The van der Waals surface area contributed by atoms with Crippen LogP contribution in [0.4, 0.5) is 0 Å². The Balaban J connectivity index is 2.93. The first-order valence-electron chi connectivity index (χ1n) is 3.86. The average molecular weight is 312 g/mol. The summed E-state index contributed by atoms with van der Waals surface area (Å²) in [6.45, 7) is 0. The number of aromatic nitrogens is 1. The van der Waals surface area contributed by atoms with E-state index in [9.17, 15) is 0 Å². The zero-order chi connectivity index (χ0) is 10.1. The van der Waals surface area contributed by atoms with Gasteiger partial charge in [0.15, 0.2) is 0 Å². The lowest BCUT2D eigenvalue weighted by Gasteiger charge is -2.01. The molecule has 0 saturated carbocycles. The molecule has 2 nitrogen and oxygen atoms in total. The number of pyridine rings is 1. The van der Waals surface area contributed by atoms with E-state index in [0.29, 0.717) is 5.56 Å². The summed E-state index contributed by atoms with van der Waals surface area (Å²) >= 11 is 6.67. The quantitative estimate of drug-likeness (QED) is 0.745. The third-order valence-corrected chi connectivity index (χ3v) is 2.99. The molecule has 0 spiro atoms. The molecule has 0 aliphatic rings. The molecular formula is C10H4Br2N2. The van der Waals surface area contributed by atoms with Gasteiger partial charge in [0.2, 0.25) is 0 Å². The van der Waals surface area contributed by atoms with Gasteiger partial charge in [-0.05, 0) is 50.1 Å². The second-order valence-corrected chi connectivity index (χ2v) is 4.52. The Kier molecular flexibility index (Phi) is 2.53. The van der Waals surface area contributed by atoms with Gasteiger partial charge in [-0.25, -0.2) is 0 Å². The van der Waals surface area contributed by atoms with Crippen molar-refractivity contribution in [1.29, 1.82) is 5.26 Å². The van der Waals surface area contributed by atoms with E-state index in [1.54, 1.807) is 6.20 Å². The van der Waals surface area contributed by atoms with Crippen LogP contribution in [0.15, 0.2) is 33.3 Å². The SMILES string of the molecule is N#Cc1c(Br)ccc2ncc(Br)cc12. The molecule has 1 aromatic heterocycles. The predicted molar refractivity (Wildman–Crippen MR) is 61.9 cm³/mol. The normalized spacial score (nSPS) is 10.1. The van der Waals surface area contributed by atoms with Crippen molar-refractivity contribution < 1.29 is 0 Å². The lowest BCUT2D eigenvalue weighted by atomic mass is 10.1. The highest BCUT2D eigenvalue weighted by molar-refractivity contribution is 9.10. The first-order valence-corrected chi connectivity index (χ1v) is 5.45. The van der Waals surface area contributed by atoms with Crippen molar-refractivity contribution in [2.24, 2.45) is 0 Å². The molecule has 1 aromatic carbocycles. The summed E-state index contributed by atoms with van der Waals surface area (Å²) in [6.07, 6.45) is 1.72. The zero-order valence-corrected chi connectivity index (χ0v) is 10.1. The molecule has 2 rings (SSSR count). The predicted octanol–water partition coefficient (Wildman–Crippen LogP) is 3.63. The van der Waals surface area contributed by atoms with E-state index in [1.807, 2.05) is 18.2 Å². The van der Waals surface area contributed by atoms with Crippen molar-refractivity contribution in [3.63, 3.8) is 0 Å². The van der Waals surface area contributed by atoms with E-state index in [2.05, 4.69) is 42.9 Å². The number of hydrogen-bond donors (Lipinski definition) is 0. The summed E-state index contributed by atoms with van der Waals surface area (Å²) in [4.78, 5) is 4.21. The molecular weight excluding hydrogens is 308 g/mol. The van der Waals surface area contributed by atoms with E-state index in [-0.39, 0.29) is 0 Å². The maximum Gasteiger partial charge on any atom is 0.101 e. The number of fused-ring (bicyclic) bond motifs is 1. The largest absolute Gasteiger partial charge is 0.255 e. The van der Waals surface area contributed by atoms with E-state index >= 15 is 0 Å². The van der Waals surface area contributed by atoms with Gasteiger partial charge in [0, 0.05) is 20.5 Å². The van der Waals surface area contributed by atoms with Gasteiger partial charge in [0.25, 0.3) is 0 Å². The van der Waals surface area contributed by atoms with E-state index in [4.69, 9.17) is 5.26 Å². The minimum Gasteiger partial charge on any atom is -0.255 e. The monoisotopic (exact) mass is 310 g/mol. The third-order valence-electron chi connectivity index (χ3n) is 1.89. The molecule has 0 saturated heterocycles. The number of halogens is 2. The molecule has 2 aromatic rings. The molecule has 0 bridgehead atoms. The van der Waals surface area contributed by atoms with Crippen LogP contribution in [0.1, 0.15) is 5.56 Å². The number of nitriles is 1. The Morgan fingerprint density at radius 3 is 2.79 bits per heavy atom. The molecule has 0 radical (unpaired) electrons. The lowest BCUT2D eigenvalue weighted by molar-refractivity contribution is 1.38. The smallest absolute Gasteiger partial charge is 0.101 e. The number of hydrogen-bond acceptors (Lipinski definition) is 2. The fourth-order valence-electron chi connectivity index (χ4n) is 1.26. The molecule has 0 fully saturated rings. The second-order valence-electron chi connectivity index (χ2n) is 2.75. The van der Waals surface area contributed by atoms with E-state index in [1.165, 1.54) is 0 Å². The third kappa shape index (κ3) is 1.54. The summed E-state index contributed by atoms with van der Waals surface area (Å²) in [6, 6.07) is 7.77. The van der Waals surface area contributed by atoms with Crippen LogP contribution in [-0.4, -0.2) is 4.98 Å². The Labute approximate surface area is 97.8 Å². The van der Waals surface area contributed by atoms with Gasteiger partial charge in [-0.3, -0.25) is 4.98 Å². The fraction of sp³-hybridized carbons (Fsp3) is 0. The van der Waals surface area contributed by atoms with Gasteiger partial charge < -0.3 is 0 Å². The summed E-state index contributed by atoms with van der Waals surface area (Å²) < 4.78 is 1.67. The molecule has 0 N–H and O–H groups in total. The topological polar surface area (TPSA) is 36.7 Å². The van der Waals surface area contributed by atoms with Crippen molar-refractivity contribution >= 4 is 42.8 Å². The second kappa shape index (κ2) is 3.68. The summed E-state index contributed by atoms with van der Waals surface area (Å²) in [7, 11) is 0. The number of benzene rings is 1. The highest BCUT2D eigenvalue weighted by Gasteiger charge is 2.05. The summed E-state index contributed by atoms with van der Waals surface area (Å²) in [5.41, 5.74) is 1.45. The van der Waals surface area contributed by atoms with Gasteiger partial charge >= 0.3 is 0 Å². The number of rotatable bonds is 0. The Morgan fingerprint density at radius 1 is 1.29 bits per heavy atom. The maximum absolute atomic E-state index is 8.98. The van der Waals surface area contributed by atoms with Crippen LogP contribution >= 0.6 is 31.9 Å². The Morgan fingerprint density at radius 2 is 2.07 bits per heavy atom. The first-order chi connectivity index (χ1) is 6.72. The van der Waals surface area contributed by atoms with Gasteiger partial charge in [0.05, 0.1) is 11.1 Å². The summed E-state index contributed by atoms with van der Waals surface area (Å²) in [5, 5.41) is 9.84. The maximum atomic E-state index is 8.98. The van der Waals surface area contributed by atoms with Gasteiger partial charge in [-0.1, -0.05) is 0 Å². The highest BCUT2D eigenvalue weighted by Crippen LogP contribution is 2.26.